The Balaban J connectivity index is 2.16. The number of benzene rings is 1. The fraction of sp³-hybridized carbons (Fsp3) is 0.500. The molecule has 1 aromatic rings. The largest absolute Gasteiger partial charge is 0.379 e. The van der Waals surface area contributed by atoms with Gasteiger partial charge in [0.25, 0.3) is 5.69 Å². The second-order valence-corrected chi connectivity index (χ2v) is 6.62. The van der Waals surface area contributed by atoms with Gasteiger partial charge < -0.3 is 10.6 Å². The van der Waals surface area contributed by atoms with Gasteiger partial charge in [-0.05, 0) is 44.0 Å². The van der Waals surface area contributed by atoms with Crippen molar-refractivity contribution in [1.29, 1.82) is 0 Å². The number of anilines is 1. The number of piperidine rings is 1. The Labute approximate surface area is 122 Å². The van der Waals surface area contributed by atoms with Crippen molar-refractivity contribution in [3.05, 3.63) is 28.3 Å². The summed E-state index contributed by atoms with van der Waals surface area (Å²) in [5, 5.41) is 22.3. The predicted molar refractivity (Wildman–Crippen MR) is 78.6 cm³/mol. The second kappa shape index (κ2) is 6.37. The van der Waals surface area contributed by atoms with Crippen LogP contribution in [0.3, 0.4) is 0 Å². The lowest BCUT2D eigenvalue weighted by atomic mass is 9.98. The molecule has 8 nitrogen and oxygen atoms in total. The summed E-state index contributed by atoms with van der Waals surface area (Å²) < 4.78 is 22.5. The van der Waals surface area contributed by atoms with Gasteiger partial charge in [0.2, 0.25) is 10.0 Å². The Hall–Kier alpha value is -1.71. The zero-order valence-electron chi connectivity index (χ0n) is 11.4. The van der Waals surface area contributed by atoms with E-state index >= 15 is 0 Å². The van der Waals surface area contributed by atoms with Crippen LogP contribution in [0, 0.1) is 16.0 Å². The van der Waals surface area contributed by atoms with Crippen LogP contribution in [0.2, 0.25) is 0 Å². The third-order valence-electron chi connectivity index (χ3n) is 3.53. The molecule has 1 saturated heterocycles. The maximum Gasteiger partial charge on any atom is 0.293 e. The molecule has 1 aliphatic heterocycles. The number of nitro benzene ring substituents is 1. The summed E-state index contributed by atoms with van der Waals surface area (Å²) in [5.74, 6) is 0.448. The summed E-state index contributed by atoms with van der Waals surface area (Å²) in [6, 6.07) is 3.64. The second-order valence-electron chi connectivity index (χ2n) is 5.06. The van der Waals surface area contributed by atoms with Gasteiger partial charge in [0, 0.05) is 12.6 Å². The molecule has 4 N–H and O–H groups in total. The first kappa shape index (κ1) is 15.7. The molecule has 0 atom stereocenters. The van der Waals surface area contributed by atoms with E-state index in [1.165, 1.54) is 12.1 Å². The lowest BCUT2D eigenvalue weighted by Gasteiger charge is -2.23. The highest BCUT2D eigenvalue weighted by Gasteiger charge is 2.20. The minimum atomic E-state index is -3.95. The molecule has 0 spiro atoms. The molecule has 0 saturated carbocycles. The van der Waals surface area contributed by atoms with Crippen molar-refractivity contribution in [2.75, 3.05) is 25.0 Å². The van der Waals surface area contributed by atoms with Crippen LogP contribution in [-0.4, -0.2) is 33.0 Å². The Kier molecular flexibility index (Phi) is 4.76. The third kappa shape index (κ3) is 4.13. The topological polar surface area (TPSA) is 127 Å². The molecular weight excluding hydrogens is 296 g/mol. The zero-order valence-corrected chi connectivity index (χ0v) is 12.2. The molecular formula is C12H18N4O4S. The number of hydrogen-bond acceptors (Lipinski definition) is 6. The number of nitrogens with two attached hydrogens (primary N) is 1. The molecule has 0 bridgehead atoms. The van der Waals surface area contributed by atoms with Crippen molar-refractivity contribution in [1.82, 2.24) is 5.32 Å². The lowest BCUT2D eigenvalue weighted by molar-refractivity contribution is -0.384. The number of nitro groups is 1. The fourth-order valence-corrected chi connectivity index (χ4v) is 2.86. The van der Waals surface area contributed by atoms with Gasteiger partial charge in [-0.15, -0.1) is 0 Å². The molecule has 1 aromatic carbocycles. The number of rotatable bonds is 5. The molecule has 0 radical (unpaired) electrons. The normalized spacial score (nSPS) is 16.6. The number of nitrogens with zero attached hydrogens (tertiary/aromatic N) is 1. The molecule has 0 amide bonds. The van der Waals surface area contributed by atoms with E-state index in [2.05, 4.69) is 10.6 Å². The van der Waals surface area contributed by atoms with E-state index in [1.54, 1.807) is 0 Å². The predicted octanol–water partition coefficient (Wildman–Crippen LogP) is 0.654. The van der Waals surface area contributed by atoms with Crippen LogP contribution in [0.1, 0.15) is 12.8 Å². The van der Waals surface area contributed by atoms with Crippen molar-refractivity contribution in [2.45, 2.75) is 17.7 Å². The minimum Gasteiger partial charge on any atom is -0.379 e. The van der Waals surface area contributed by atoms with Crippen LogP contribution in [0.15, 0.2) is 23.1 Å². The monoisotopic (exact) mass is 314 g/mol. The van der Waals surface area contributed by atoms with Crippen molar-refractivity contribution < 1.29 is 13.3 Å². The van der Waals surface area contributed by atoms with E-state index in [0.717, 1.165) is 32.0 Å². The summed E-state index contributed by atoms with van der Waals surface area (Å²) in [6.07, 6.45) is 2.02. The highest BCUT2D eigenvalue weighted by atomic mass is 32.2. The molecule has 1 aliphatic rings. The third-order valence-corrected chi connectivity index (χ3v) is 4.45. The van der Waals surface area contributed by atoms with Gasteiger partial charge >= 0.3 is 0 Å². The van der Waals surface area contributed by atoms with Crippen LogP contribution in [0.25, 0.3) is 0 Å². The summed E-state index contributed by atoms with van der Waals surface area (Å²) in [6.45, 7) is 2.51. The van der Waals surface area contributed by atoms with Crippen LogP contribution in [0.4, 0.5) is 11.4 Å². The highest BCUT2D eigenvalue weighted by Crippen LogP contribution is 2.27. The molecule has 1 fully saturated rings. The van der Waals surface area contributed by atoms with Crippen LogP contribution in [0.5, 0.6) is 0 Å². The van der Waals surface area contributed by atoms with Gasteiger partial charge in [0.1, 0.15) is 5.69 Å². The van der Waals surface area contributed by atoms with Gasteiger partial charge in [-0.25, -0.2) is 13.6 Å². The lowest BCUT2D eigenvalue weighted by Crippen LogP contribution is -2.31. The first-order chi connectivity index (χ1) is 9.88. The molecule has 2 rings (SSSR count). The highest BCUT2D eigenvalue weighted by molar-refractivity contribution is 7.89. The van der Waals surface area contributed by atoms with Gasteiger partial charge in [-0.2, -0.15) is 0 Å². The van der Waals surface area contributed by atoms with Crippen molar-refractivity contribution in [3.8, 4) is 0 Å². The van der Waals surface area contributed by atoms with Gasteiger partial charge in [0.05, 0.1) is 9.82 Å². The van der Waals surface area contributed by atoms with Crippen molar-refractivity contribution in [2.24, 2.45) is 11.1 Å². The van der Waals surface area contributed by atoms with Crippen LogP contribution < -0.4 is 15.8 Å². The van der Waals surface area contributed by atoms with E-state index in [4.69, 9.17) is 5.14 Å². The van der Waals surface area contributed by atoms with Gasteiger partial charge in [0.15, 0.2) is 0 Å². The standard InChI is InChI=1S/C12H18N4O4S/c13-21(19,20)10-1-2-11(12(7-10)16(17)18)15-8-9-3-5-14-6-4-9/h1-2,7,9,14-15H,3-6,8H2,(H2,13,19,20). The molecule has 116 valence electrons. The van der Waals surface area contributed by atoms with Crippen LogP contribution >= 0.6 is 0 Å². The van der Waals surface area contributed by atoms with Crippen molar-refractivity contribution in [3.63, 3.8) is 0 Å². The molecule has 0 unspecified atom stereocenters. The summed E-state index contributed by atoms with van der Waals surface area (Å²) in [7, 11) is -3.95. The maximum absolute atomic E-state index is 11.3. The van der Waals surface area contributed by atoms with E-state index in [-0.39, 0.29) is 10.6 Å². The number of nitrogens with one attached hydrogen (secondary N) is 2. The number of hydrogen-bond donors (Lipinski definition) is 3. The Morgan fingerprint density at radius 2 is 2.05 bits per heavy atom. The Morgan fingerprint density at radius 3 is 2.62 bits per heavy atom. The zero-order chi connectivity index (χ0) is 15.5. The smallest absolute Gasteiger partial charge is 0.293 e. The average molecular weight is 314 g/mol. The summed E-state index contributed by atoms with van der Waals surface area (Å²) in [4.78, 5) is 10.2. The van der Waals surface area contributed by atoms with E-state index in [0.29, 0.717) is 18.2 Å². The average Bonchev–Trinajstić information content (AvgIpc) is 2.45. The fourth-order valence-electron chi connectivity index (χ4n) is 2.33. The molecule has 21 heavy (non-hydrogen) atoms. The number of sulfonamides is 1. The summed E-state index contributed by atoms with van der Waals surface area (Å²) >= 11 is 0. The molecule has 0 aromatic heterocycles. The van der Waals surface area contributed by atoms with E-state index in [9.17, 15) is 18.5 Å². The number of primary sulfonamides is 1. The molecule has 9 heteroatoms. The van der Waals surface area contributed by atoms with Crippen molar-refractivity contribution >= 4 is 21.4 Å². The Morgan fingerprint density at radius 1 is 1.38 bits per heavy atom. The van der Waals surface area contributed by atoms with E-state index < -0.39 is 14.9 Å². The van der Waals surface area contributed by atoms with Gasteiger partial charge in [-0.3, -0.25) is 10.1 Å². The quantitative estimate of drug-likeness (QED) is 0.541. The van der Waals surface area contributed by atoms with Crippen LogP contribution in [-0.2, 0) is 10.0 Å². The maximum atomic E-state index is 11.3. The minimum absolute atomic E-state index is 0.262. The Bertz CT molecular complexity index is 626. The van der Waals surface area contributed by atoms with Gasteiger partial charge in [-0.1, -0.05) is 0 Å². The molecule has 1 heterocycles. The summed E-state index contributed by atoms with van der Waals surface area (Å²) in [5.41, 5.74) is 0.0291. The first-order valence-electron chi connectivity index (χ1n) is 6.64. The molecule has 0 aliphatic carbocycles. The SMILES string of the molecule is NS(=O)(=O)c1ccc(NCC2CCNCC2)c([N+](=O)[O-])c1. The first-order valence-corrected chi connectivity index (χ1v) is 8.18. The van der Waals surface area contributed by atoms with E-state index in [1.807, 2.05) is 0 Å².